The predicted octanol–water partition coefficient (Wildman–Crippen LogP) is 1.62. The van der Waals surface area contributed by atoms with Crippen molar-refractivity contribution in [1.29, 1.82) is 0 Å². The van der Waals surface area contributed by atoms with Crippen LogP contribution in [0, 0.1) is 0 Å². The van der Waals surface area contributed by atoms with Crippen LogP contribution in [-0.2, 0) is 24.6 Å². The molecular weight excluding hydrogens is 438 g/mol. The zero-order chi connectivity index (χ0) is 22.5. The van der Waals surface area contributed by atoms with Crippen LogP contribution in [0.4, 0.5) is 5.69 Å². The van der Waals surface area contributed by atoms with Gasteiger partial charge in [0.15, 0.2) is 21.3 Å². The van der Waals surface area contributed by atoms with E-state index in [0.717, 1.165) is 18.4 Å². The van der Waals surface area contributed by atoms with Gasteiger partial charge in [-0.25, -0.2) is 21.6 Å². The van der Waals surface area contributed by atoms with Gasteiger partial charge in [-0.2, -0.15) is 0 Å². The van der Waals surface area contributed by atoms with Crippen molar-refractivity contribution in [3.8, 4) is 11.5 Å². The lowest BCUT2D eigenvalue weighted by molar-refractivity contribution is 0.0697. The molecule has 0 aliphatic carbocycles. The smallest absolute Gasteiger partial charge is 0.337 e. The Morgan fingerprint density at radius 2 is 1.67 bits per heavy atom. The highest BCUT2D eigenvalue weighted by Gasteiger charge is 2.23. The molecule has 2 aromatic carbocycles. The Bertz CT molecular complexity index is 1140. The minimum absolute atomic E-state index is 0.0884. The van der Waals surface area contributed by atoms with Crippen LogP contribution in [0.1, 0.15) is 10.4 Å². The Morgan fingerprint density at radius 3 is 2.23 bits per heavy atom. The van der Waals surface area contributed by atoms with Gasteiger partial charge in [-0.3, -0.25) is 4.72 Å². The molecule has 0 spiro atoms. The fourth-order valence-electron chi connectivity index (χ4n) is 2.40. The highest BCUT2D eigenvalue weighted by molar-refractivity contribution is 7.93. The number of rotatable bonds is 10. The number of sulfone groups is 1. The summed E-state index contributed by atoms with van der Waals surface area (Å²) in [6, 6.07) is 7.00. The van der Waals surface area contributed by atoms with Gasteiger partial charge in [-0.05, 0) is 18.2 Å². The van der Waals surface area contributed by atoms with Gasteiger partial charge >= 0.3 is 5.97 Å². The van der Waals surface area contributed by atoms with Gasteiger partial charge in [-0.1, -0.05) is 6.07 Å². The van der Waals surface area contributed by atoms with E-state index < -0.39 is 25.8 Å². The quantitative estimate of drug-likeness (QED) is 0.506. The second kappa shape index (κ2) is 9.32. The Labute approximate surface area is 174 Å². The molecule has 10 nitrogen and oxygen atoms in total. The van der Waals surface area contributed by atoms with Gasteiger partial charge in [0.25, 0.3) is 10.0 Å². The number of ether oxygens (including phenoxy) is 3. The number of carbonyl (C=O) groups is 1. The molecule has 0 radical (unpaired) electrons. The van der Waals surface area contributed by atoms with Crippen LogP contribution in [0.25, 0.3) is 0 Å². The van der Waals surface area contributed by atoms with Gasteiger partial charge in [-0.15, -0.1) is 0 Å². The first-order chi connectivity index (χ1) is 14.0. The molecule has 0 amide bonds. The van der Waals surface area contributed by atoms with E-state index in [4.69, 9.17) is 14.2 Å². The molecular formula is C18H21NO9S2. The van der Waals surface area contributed by atoms with E-state index in [9.17, 15) is 26.7 Å². The third kappa shape index (κ3) is 5.62. The number of carboxylic acids is 1. The Hall–Kier alpha value is -2.83. The van der Waals surface area contributed by atoms with Crippen LogP contribution < -0.4 is 14.2 Å². The summed E-state index contributed by atoms with van der Waals surface area (Å²) in [4.78, 5) is 11.1. The molecule has 0 aromatic heterocycles. The minimum Gasteiger partial charge on any atom is -0.493 e. The molecule has 30 heavy (non-hydrogen) atoms. The third-order valence-electron chi connectivity index (χ3n) is 3.87. The SMILES string of the molecule is COCCOc1cc(NS(=O)(=O)c2cccc(S(C)(=O)=O)c2)c(C(=O)O)cc1OC. The summed E-state index contributed by atoms with van der Waals surface area (Å²) in [6.07, 6.45) is 0.946. The van der Waals surface area contributed by atoms with Crippen molar-refractivity contribution < 1.29 is 40.9 Å². The number of hydrogen-bond donors (Lipinski definition) is 2. The summed E-state index contributed by atoms with van der Waals surface area (Å²) in [6.45, 7) is 0.352. The lowest BCUT2D eigenvalue weighted by Gasteiger charge is -2.16. The number of methoxy groups -OCH3 is 2. The fourth-order valence-corrected chi connectivity index (χ4v) is 4.26. The number of benzene rings is 2. The molecule has 0 fully saturated rings. The largest absolute Gasteiger partial charge is 0.493 e. The highest BCUT2D eigenvalue weighted by atomic mass is 32.2. The Balaban J connectivity index is 2.51. The topological polar surface area (TPSA) is 145 Å². The van der Waals surface area contributed by atoms with Crippen molar-refractivity contribution in [2.24, 2.45) is 0 Å². The van der Waals surface area contributed by atoms with Crippen LogP contribution in [0.15, 0.2) is 46.2 Å². The molecule has 12 heteroatoms. The molecule has 0 atom stereocenters. The van der Waals surface area contributed by atoms with Crippen molar-refractivity contribution >= 4 is 31.5 Å². The van der Waals surface area contributed by atoms with Crippen molar-refractivity contribution in [1.82, 2.24) is 0 Å². The Kier molecular flexibility index (Phi) is 7.29. The first-order valence-electron chi connectivity index (χ1n) is 8.39. The second-order valence-corrected chi connectivity index (χ2v) is 9.75. The van der Waals surface area contributed by atoms with Gasteiger partial charge in [0.2, 0.25) is 0 Å². The average Bonchev–Trinajstić information content (AvgIpc) is 2.67. The van der Waals surface area contributed by atoms with Crippen LogP contribution in [-0.4, -0.2) is 61.6 Å². The van der Waals surface area contributed by atoms with E-state index >= 15 is 0 Å². The maximum absolute atomic E-state index is 12.8. The molecule has 0 saturated heterocycles. The van der Waals surface area contributed by atoms with Crippen LogP contribution in [0.2, 0.25) is 0 Å². The Morgan fingerprint density at radius 1 is 1.00 bits per heavy atom. The molecule has 2 rings (SSSR count). The zero-order valence-corrected chi connectivity index (χ0v) is 18.0. The number of sulfonamides is 1. The molecule has 0 aliphatic rings. The van der Waals surface area contributed by atoms with Gasteiger partial charge in [0, 0.05) is 25.5 Å². The molecule has 164 valence electrons. The van der Waals surface area contributed by atoms with E-state index in [2.05, 4.69) is 4.72 Å². The summed E-state index contributed by atoms with van der Waals surface area (Å²) in [5.74, 6) is -1.22. The molecule has 0 bridgehead atoms. The lowest BCUT2D eigenvalue weighted by Crippen LogP contribution is -2.17. The second-order valence-electron chi connectivity index (χ2n) is 6.05. The van der Waals surface area contributed by atoms with E-state index in [1.165, 1.54) is 38.5 Å². The monoisotopic (exact) mass is 459 g/mol. The van der Waals surface area contributed by atoms with E-state index in [-0.39, 0.29) is 45.8 Å². The van der Waals surface area contributed by atoms with Crippen LogP contribution in [0.5, 0.6) is 11.5 Å². The third-order valence-corrected chi connectivity index (χ3v) is 6.34. The normalized spacial score (nSPS) is 11.7. The van der Waals surface area contributed by atoms with Crippen molar-refractivity contribution in [2.45, 2.75) is 9.79 Å². The standard InChI is InChI=1S/C18H21NO9S2/c1-26-7-8-28-17-11-15(14(18(20)21)10-16(17)27-2)19-30(24,25)13-6-4-5-12(9-13)29(3,22)23/h4-6,9-11,19H,7-8H2,1-3H3,(H,20,21). The predicted molar refractivity (Wildman–Crippen MR) is 108 cm³/mol. The zero-order valence-electron chi connectivity index (χ0n) is 16.4. The van der Waals surface area contributed by atoms with Gasteiger partial charge in [0.1, 0.15) is 6.61 Å². The molecule has 0 aliphatic heterocycles. The van der Waals surface area contributed by atoms with Crippen molar-refractivity contribution in [2.75, 3.05) is 38.4 Å². The van der Waals surface area contributed by atoms with Gasteiger partial charge in [0.05, 0.1) is 34.8 Å². The average molecular weight is 459 g/mol. The molecule has 2 aromatic rings. The first kappa shape index (κ1) is 23.4. The van der Waals surface area contributed by atoms with E-state index in [0.29, 0.717) is 0 Å². The molecule has 0 saturated carbocycles. The number of nitrogens with one attached hydrogen (secondary N) is 1. The number of carboxylic acid groups (broad SMARTS) is 1. The molecule has 2 N–H and O–H groups in total. The molecule has 0 heterocycles. The van der Waals surface area contributed by atoms with E-state index in [1.54, 1.807) is 0 Å². The highest BCUT2D eigenvalue weighted by Crippen LogP contribution is 2.35. The van der Waals surface area contributed by atoms with Crippen molar-refractivity contribution in [3.05, 3.63) is 42.0 Å². The van der Waals surface area contributed by atoms with Crippen LogP contribution in [0.3, 0.4) is 0 Å². The minimum atomic E-state index is -4.31. The molecule has 0 unspecified atom stereocenters. The van der Waals surface area contributed by atoms with Gasteiger partial charge < -0.3 is 19.3 Å². The summed E-state index contributed by atoms with van der Waals surface area (Å²) >= 11 is 0. The van der Waals surface area contributed by atoms with E-state index in [1.807, 2.05) is 0 Å². The number of aromatic carboxylic acids is 1. The summed E-state index contributed by atoms with van der Waals surface area (Å²) in [5, 5.41) is 9.48. The maximum Gasteiger partial charge on any atom is 0.337 e. The maximum atomic E-state index is 12.8. The number of anilines is 1. The number of hydrogen-bond acceptors (Lipinski definition) is 8. The summed E-state index contributed by atoms with van der Waals surface area (Å²) in [7, 11) is -5.18. The first-order valence-corrected chi connectivity index (χ1v) is 11.8. The summed E-state index contributed by atoms with van der Waals surface area (Å²) < 4.78 is 66.7. The lowest BCUT2D eigenvalue weighted by atomic mass is 10.1. The fraction of sp³-hybridized carbons (Fsp3) is 0.278. The summed E-state index contributed by atoms with van der Waals surface area (Å²) in [5.41, 5.74) is -0.658. The van der Waals surface area contributed by atoms with Crippen LogP contribution >= 0.6 is 0 Å². The van der Waals surface area contributed by atoms with Crippen molar-refractivity contribution in [3.63, 3.8) is 0 Å².